The van der Waals surface area contributed by atoms with E-state index >= 15 is 0 Å². The molecule has 1 aliphatic rings. The van der Waals surface area contributed by atoms with Crippen molar-refractivity contribution in [2.45, 2.75) is 39.2 Å². The topological polar surface area (TPSA) is 42.2 Å². The highest BCUT2D eigenvalue weighted by Crippen LogP contribution is 2.12. The first-order valence-electron chi connectivity index (χ1n) is 5.36. The second-order valence-electron chi connectivity index (χ2n) is 3.93. The Kier molecular flexibility index (Phi) is 3.14. The van der Waals surface area contributed by atoms with Crippen molar-refractivity contribution in [1.82, 2.24) is 15.0 Å². The Morgan fingerprint density at radius 2 is 1.93 bits per heavy atom. The molecular formula is C10H17N3O. The molecule has 4 heteroatoms. The fraction of sp³-hybridized carbons (Fsp3) is 0.800. The van der Waals surface area contributed by atoms with E-state index in [9.17, 15) is 0 Å². The Labute approximate surface area is 84.3 Å². The predicted molar refractivity (Wildman–Crippen MR) is 52.8 cm³/mol. The monoisotopic (exact) mass is 195 g/mol. The van der Waals surface area contributed by atoms with Crippen molar-refractivity contribution in [2.24, 2.45) is 0 Å². The summed E-state index contributed by atoms with van der Waals surface area (Å²) in [5.74, 6) is 1.49. The third-order valence-corrected chi connectivity index (χ3v) is 2.63. The van der Waals surface area contributed by atoms with Crippen LogP contribution in [0.15, 0.2) is 4.52 Å². The van der Waals surface area contributed by atoms with Crippen LogP contribution in [-0.4, -0.2) is 28.1 Å². The molecule has 78 valence electrons. The molecule has 0 saturated carbocycles. The van der Waals surface area contributed by atoms with Gasteiger partial charge in [0.15, 0.2) is 5.82 Å². The molecule has 0 spiro atoms. The molecule has 1 saturated heterocycles. The molecule has 0 N–H and O–H groups in total. The number of rotatable bonds is 2. The molecule has 0 atom stereocenters. The average molecular weight is 195 g/mol. The minimum absolute atomic E-state index is 0.731. The van der Waals surface area contributed by atoms with E-state index < -0.39 is 0 Å². The fourth-order valence-corrected chi connectivity index (χ4v) is 1.89. The summed E-state index contributed by atoms with van der Waals surface area (Å²) in [6.07, 6.45) is 5.32. The maximum atomic E-state index is 5.11. The molecular weight excluding hydrogens is 178 g/mol. The molecule has 4 nitrogen and oxygen atoms in total. The second kappa shape index (κ2) is 4.55. The first-order chi connectivity index (χ1) is 6.84. The van der Waals surface area contributed by atoms with Crippen LogP contribution in [0.4, 0.5) is 0 Å². The lowest BCUT2D eigenvalue weighted by Gasteiger charge is -2.16. The van der Waals surface area contributed by atoms with Gasteiger partial charge in [-0.25, -0.2) is 0 Å². The van der Waals surface area contributed by atoms with Crippen LogP contribution in [0.2, 0.25) is 0 Å². The molecule has 1 aliphatic heterocycles. The zero-order valence-electron chi connectivity index (χ0n) is 8.70. The number of aryl methyl sites for hydroxylation is 1. The molecule has 0 radical (unpaired) electrons. The molecule has 0 aromatic carbocycles. The summed E-state index contributed by atoms with van der Waals surface area (Å²) in [5, 5.41) is 3.79. The van der Waals surface area contributed by atoms with Crippen LogP contribution < -0.4 is 0 Å². The lowest BCUT2D eigenvalue weighted by atomic mass is 10.2. The first kappa shape index (κ1) is 9.65. The standard InChI is InChI=1S/C10H17N3O/c1-9-11-10(14-12-9)8-13-6-4-2-3-5-7-13/h2-8H2,1H3. The molecule has 1 aromatic heterocycles. The molecule has 2 rings (SSSR count). The van der Waals surface area contributed by atoms with Gasteiger partial charge in [-0.2, -0.15) is 4.98 Å². The largest absolute Gasteiger partial charge is 0.338 e. The highest BCUT2D eigenvalue weighted by Gasteiger charge is 2.12. The Bertz CT molecular complexity index is 277. The highest BCUT2D eigenvalue weighted by atomic mass is 16.5. The Morgan fingerprint density at radius 3 is 2.50 bits per heavy atom. The molecule has 0 unspecified atom stereocenters. The van der Waals surface area contributed by atoms with Crippen molar-refractivity contribution in [3.8, 4) is 0 Å². The zero-order chi connectivity index (χ0) is 9.80. The third kappa shape index (κ3) is 2.54. The van der Waals surface area contributed by atoms with Crippen LogP contribution in [0, 0.1) is 6.92 Å². The number of nitrogens with zero attached hydrogens (tertiary/aromatic N) is 3. The predicted octanol–water partition coefficient (Wildman–Crippen LogP) is 1.75. The van der Waals surface area contributed by atoms with Crippen LogP contribution in [0.25, 0.3) is 0 Å². The first-order valence-corrected chi connectivity index (χ1v) is 5.36. The summed E-state index contributed by atoms with van der Waals surface area (Å²) in [4.78, 5) is 6.62. The quantitative estimate of drug-likeness (QED) is 0.721. The Morgan fingerprint density at radius 1 is 1.21 bits per heavy atom. The number of likely N-dealkylation sites (tertiary alicyclic amines) is 1. The van der Waals surface area contributed by atoms with Gasteiger partial charge in [-0.3, -0.25) is 4.90 Å². The average Bonchev–Trinajstić information content (AvgIpc) is 2.43. The van der Waals surface area contributed by atoms with Gasteiger partial charge in [-0.1, -0.05) is 18.0 Å². The van der Waals surface area contributed by atoms with Crippen LogP contribution in [0.1, 0.15) is 37.4 Å². The van der Waals surface area contributed by atoms with Crippen LogP contribution >= 0.6 is 0 Å². The number of hydrogen-bond acceptors (Lipinski definition) is 4. The van der Waals surface area contributed by atoms with E-state index in [0.717, 1.165) is 18.3 Å². The minimum atomic E-state index is 0.731. The maximum absolute atomic E-state index is 5.11. The van der Waals surface area contributed by atoms with Gasteiger partial charge in [-0.05, 0) is 32.9 Å². The van der Waals surface area contributed by atoms with Crippen LogP contribution in [-0.2, 0) is 6.54 Å². The van der Waals surface area contributed by atoms with E-state index in [2.05, 4.69) is 15.0 Å². The lowest BCUT2D eigenvalue weighted by Crippen LogP contribution is -2.24. The van der Waals surface area contributed by atoms with Crippen molar-refractivity contribution in [1.29, 1.82) is 0 Å². The molecule has 0 aliphatic carbocycles. The Hall–Kier alpha value is -0.900. The van der Waals surface area contributed by atoms with Crippen LogP contribution in [0.5, 0.6) is 0 Å². The molecule has 2 heterocycles. The van der Waals surface area contributed by atoms with Gasteiger partial charge in [0.25, 0.3) is 0 Å². The van der Waals surface area contributed by atoms with E-state index in [0.29, 0.717) is 0 Å². The molecule has 0 bridgehead atoms. The van der Waals surface area contributed by atoms with Crippen molar-refractivity contribution >= 4 is 0 Å². The summed E-state index contributed by atoms with van der Waals surface area (Å²) in [5.41, 5.74) is 0. The van der Waals surface area contributed by atoms with Crippen molar-refractivity contribution < 1.29 is 4.52 Å². The van der Waals surface area contributed by atoms with Gasteiger partial charge in [0.2, 0.25) is 5.89 Å². The van der Waals surface area contributed by atoms with E-state index in [4.69, 9.17) is 4.52 Å². The number of hydrogen-bond donors (Lipinski definition) is 0. The van der Waals surface area contributed by atoms with Gasteiger partial charge in [0.1, 0.15) is 0 Å². The normalized spacial score (nSPS) is 19.5. The maximum Gasteiger partial charge on any atom is 0.240 e. The summed E-state index contributed by atoms with van der Waals surface area (Å²) in [6.45, 7) is 5.01. The van der Waals surface area contributed by atoms with E-state index in [1.54, 1.807) is 0 Å². The van der Waals surface area contributed by atoms with E-state index in [-0.39, 0.29) is 0 Å². The van der Waals surface area contributed by atoms with Crippen LogP contribution in [0.3, 0.4) is 0 Å². The van der Waals surface area contributed by atoms with Crippen molar-refractivity contribution in [3.63, 3.8) is 0 Å². The van der Waals surface area contributed by atoms with Gasteiger partial charge in [0, 0.05) is 0 Å². The summed E-state index contributed by atoms with van der Waals surface area (Å²) in [7, 11) is 0. The molecule has 0 amide bonds. The van der Waals surface area contributed by atoms with E-state index in [1.165, 1.54) is 38.8 Å². The molecule has 14 heavy (non-hydrogen) atoms. The lowest BCUT2D eigenvalue weighted by molar-refractivity contribution is 0.233. The highest BCUT2D eigenvalue weighted by molar-refractivity contribution is 4.83. The third-order valence-electron chi connectivity index (χ3n) is 2.63. The molecule has 1 fully saturated rings. The zero-order valence-corrected chi connectivity index (χ0v) is 8.70. The smallest absolute Gasteiger partial charge is 0.240 e. The Balaban J connectivity index is 1.89. The SMILES string of the molecule is Cc1noc(CN2CCCCCC2)n1. The minimum Gasteiger partial charge on any atom is -0.338 e. The number of aromatic nitrogens is 2. The van der Waals surface area contributed by atoms with Gasteiger partial charge in [0.05, 0.1) is 6.54 Å². The van der Waals surface area contributed by atoms with E-state index in [1.807, 2.05) is 6.92 Å². The fourth-order valence-electron chi connectivity index (χ4n) is 1.89. The van der Waals surface area contributed by atoms with Gasteiger partial charge >= 0.3 is 0 Å². The van der Waals surface area contributed by atoms with Gasteiger partial charge < -0.3 is 4.52 Å². The summed E-state index contributed by atoms with van der Waals surface area (Å²) in [6, 6.07) is 0. The summed E-state index contributed by atoms with van der Waals surface area (Å²) < 4.78 is 5.11. The van der Waals surface area contributed by atoms with Gasteiger partial charge in [-0.15, -0.1) is 0 Å². The van der Waals surface area contributed by atoms with Crippen molar-refractivity contribution in [3.05, 3.63) is 11.7 Å². The summed E-state index contributed by atoms with van der Waals surface area (Å²) >= 11 is 0. The molecule has 1 aromatic rings. The van der Waals surface area contributed by atoms with Crippen molar-refractivity contribution in [2.75, 3.05) is 13.1 Å². The second-order valence-corrected chi connectivity index (χ2v) is 3.93.